The van der Waals surface area contributed by atoms with E-state index in [-0.39, 0.29) is 24.3 Å². The molecule has 0 aliphatic carbocycles. The van der Waals surface area contributed by atoms with Gasteiger partial charge in [-0.05, 0) is 77.6 Å². The van der Waals surface area contributed by atoms with Crippen LogP contribution in [0.2, 0.25) is 0 Å². The van der Waals surface area contributed by atoms with Gasteiger partial charge in [-0.1, -0.05) is 0 Å². The highest BCUT2D eigenvalue weighted by atomic mass is 32.2. The van der Waals surface area contributed by atoms with Crippen molar-refractivity contribution in [1.82, 2.24) is 9.62 Å². The van der Waals surface area contributed by atoms with Crippen LogP contribution in [0.1, 0.15) is 51.7 Å². The van der Waals surface area contributed by atoms with Crippen molar-refractivity contribution in [1.29, 1.82) is 0 Å². The fourth-order valence-electron chi connectivity index (χ4n) is 4.42. The third kappa shape index (κ3) is 5.74. The summed E-state index contributed by atoms with van der Waals surface area (Å²) >= 11 is 0. The Bertz CT molecular complexity index is 916. The molecular weight excluding hydrogens is 428 g/mol. The Morgan fingerprint density at radius 1 is 1.06 bits per heavy atom. The summed E-state index contributed by atoms with van der Waals surface area (Å²) in [6.45, 7) is 14.4. The Balaban J connectivity index is 1.61. The fraction of sp³-hybridized carbons (Fsp3) is 0.696. The number of ether oxygens (including phenoxy) is 1. The van der Waals surface area contributed by atoms with Gasteiger partial charge in [-0.3, -0.25) is 0 Å². The largest absolute Gasteiger partial charge is 0.372 e. The van der Waals surface area contributed by atoms with Gasteiger partial charge in [0.15, 0.2) is 0 Å². The minimum atomic E-state index is -3.30. The summed E-state index contributed by atoms with van der Waals surface area (Å²) in [6, 6.07) is 3.80. The third-order valence-electron chi connectivity index (χ3n) is 6.49. The molecule has 2 heterocycles. The van der Waals surface area contributed by atoms with Crippen LogP contribution in [0.3, 0.4) is 0 Å². The minimum absolute atomic E-state index is 0.118. The Hall–Kier alpha value is -1.84. The Labute approximate surface area is 192 Å². The van der Waals surface area contributed by atoms with Crippen LogP contribution >= 0.6 is 0 Å². The number of nitrogens with one attached hydrogen (secondary N) is 2. The standard InChI is InChI=1S/C23H38N4O4S/c1-15(2)32(29,30)25-20-9-11-26(12-10-20)23(28)24-21-7-8-22(19(6)18(21)5)27-13-16(3)31-17(4)14-27/h7-8,15-17,20,25H,9-14H2,1-6H3,(H,24,28). The first-order chi connectivity index (χ1) is 15.0. The molecule has 2 saturated heterocycles. The number of hydrogen-bond acceptors (Lipinski definition) is 5. The van der Waals surface area contributed by atoms with E-state index in [9.17, 15) is 13.2 Å². The number of anilines is 2. The molecule has 2 aliphatic heterocycles. The quantitative estimate of drug-likeness (QED) is 0.695. The molecule has 1 aromatic rings. The van der Waals surface area contributed by atoms with Gasteiger partial charge in [0.2, 0.25) is 10.0 Å². The average Bonchev–Trinajstić information content (AvgIpc) is 2.71. The van der Waals surface area contributed by atoms with Crippen molar-refractivity contribution in [3.63, 3.8) is 0 Å². The molecule has 180 valence electrons. The zero-order chi connectivity index (χ0) is 23.6. The van der Waals surface area contributed by atoms with Gasteiger partial charge in [0.1, 0.15) is 0 Å². The number of carbonyl (C=O) groups is 1. The van der Waals surface area contributed by atoms with E-state index in [0.717, 1.165) is 29.9 Å². The van der Waals surface area contributed by atoms with Gasteiger partial charge in [0.25, 0.3) is 0 Å². The van der Waals surface area contributed by atoms with Gasteiger partial charge in [0, 0.05) is 43.6 Å². The molecule has 0 aromatic heterocycles. The first kappa shape index (κ1) is 24.8. The van der Waals surface area contributed by atoms with E-state index in [1.165, 1.54) is 5.69 Å². The van der Waals surface area contributed by atoms with Gasteiger partial charge in [0.05, 0.1) is 17.5 Å². The summed E-state index contributed by atoms with van der Waals surface area (Å²) < 4.78 is 32.8. The molecule has 2 atom stereocenters. The number of nitrogens with zero attached hydrogens (tertiary/aromatic N) is 2. The number of benzene rings is 1. The van der Waals surface area contributed by atoms with Crippen molar-refractivity contribution in [3.05, 3.63) is 23.3 Å². The first-order valence-electron chi connectivity index (χ1n) is 11.6. The van der Waals surface area contributed by atoms with Gasteiger partial charge < -0.3 is 19.9 Å². The van der Waals surface area contributed by atoms with Crippen molar-refractivity contribution in [2.45, 2.75) is 77.9 Å². The lowest BCUT2D eigenvalue weighted by molar-refractivity contribution is -0.00525. The van der Waals surface area contributed by atoms with Crippen molar-refractivity contribution in [3.8, 4) is 0 Å². The average molecular weight is 467 g/mol. The van der Waals surface area contributed by atoms with E-state index in [1.807, 2.05) is 13.0 Å². The van der Waals surface area contributed by atoms with Crippen LogP contribution in [0.25, 0.3) is 0 Å². The van der Waals surface area contributed by atoms with E-state index in [1.54, 1.807) is 18.7 Å². The molecule has 8 nitrogen and oxygen atoms in total. The van der Waals surface area contributed by atoms with Crippen molar-refractivity contribution < 1.29 is 17.9 Å². The molecule has 2 unspecified atom stereocenters. The topological polar surface area (TPSA) is 91.0 Å². The minimum Gasteiger partial charge on any atom is -0.372 e. The molecule has 2 fully saturated rings. The van der Waals surface area contributed by atoms with E-state index < -0.39 is 15.3 Å². The fourth-order valence-corrected chi connectivity index (χ4v) is 5.39. The molecule has 0 radical (unpaired) electrons. The number of morpholine rings is 1. The number of carbonyl (C=O) groups excluding carboxylic acids is 1. The SMILES string of the molecule is Cc1c(NC(=O)N2CCC(NS(=O)(=O)C(C)C)CC2)ccc(N2CC(C)OC(C)C2)c1C. The monoisotopic (exact) mass is 466 g/mol. The molecule has 0 saturated carbocycles. The van der Waals surface area contributed by atoms with Crippen molar-refractivity contribution >= 4 is 27.4 Å². The molecule has 2 aliphatic rings. The highest BCUT2D eigenvalue weighted by molar-refractivity contribution is 7.90. The number of likely N-dealkylation sites (tertiary alicyclic amines) is 1. The first-order valence-corrected chi connectivity index (χ1v) is 13.1. The zero-order valence-corrected chi connectivity index (χ0v) is 21.0. The van der Waals surface area contributed by atoms with E-state index in [2.05, 4.69) is 41.8 Å². The maximum Gasteiger partial charge on any atom is 0.321 e. The molecule has 2 amide bonds. The normalized spacial score (nSPS) is 23.0. The summed E-state index contributed by atoms with van der Waals surface area (Å²) in [7, 11) is -3.30. The maximum absolute atomic E-state index is 12.9. The van der Waals surface area contributed by atoms with E-state index in [4.69, 9.17) is 4.74 Å². The lowest BCUT2D eigenvalue weighted by Gasteiger charge is -2.38. The second-order valence-electron chi connectivity index (χ2n) is 9.45. The zero-order valence-electron chi connectivity index (χ0n) is 20.1. The molecule has 9 heteroatoms. The number of hydrogen-bond donors (Lipinski definition) is 2. The number of piperidine rings is 1. The van der Waals surface area contributed by atoms with Gasteiger partial charge in [-0.25, -0.2) is 17.9 Å². The molecule has 3 rings (SSSR count). The summed E-state index contributed by atoms with van der Waals surface area (Å²) in [5.41, 5.74) is 4.21. The van der Waals surface area contributed by atoms with Crippen molar-refractivity contribution in [2.75, 3.05) is 36.4 Å². The number of urea groups is 1. The van der Waals surface area contributed by atoms with Crippen LogP contribution in [-0.4, -0.2) is 69.0 Å². The Kier molecular flexibility index (Phi) is 7.73. The van der Waals surface area contributed by atoms with Gasteiger partial charge >= 0.3 is 6.03 Å². The Morgan fingerprint density at radius 2 is 1.66 bits per heavy atom. The second-order valence-corrected chi connectivity index (χ2v) is 11.7. The highest BCUT2D eigenvalue weighted by Gasteiger charge is 2.28. The second kappa shape index (κ2) is 9.97. The summed E-state index contributed by atoms with van der Waals surface area (Å²) in [6.07, 6.45) is 1.60. The Morgan fingerprint density at radius 3 is 2.22 bits per heavy atom. The van der Waals surface area contributed by atoms with E-state index in [0.29, 0.717) is 25.9 Å². The number of rotatable bonds is 5. The van der Waals surface area contributed by atoms with Gasteiger partial charge in [-0.2, -0.15) is 0 Å². The van der Waals surface area contributed by atoms with Crippen LogP contribution in [0.4, 0.5) is 16.2 Å². The maximum atomic E-state index is 12.9. The number of amides is 2. The predicted octanol–water partition coefficient (Wildman–Crippen LogP) is 3.24. The lowest BCUT2D eigenvalue weighted by Crippen LogP contribution is -2.48. The smallest absolute Gasteiger partial charge is 0.321 e. The molecule has 32 heavy (non-hydrogen) atoms. The predicted molar refractivity (Wildman–Crippen MR) is 129 cm³/mol. The van der Waals surface area contributed by atoms with Crippen molar-refractivity contribution in [2.24, 2.45) is 0 Å². The number of sulfonamides is 1. The van der Waals surface area contributed by atoms with E-state index >= 15 is 0 Å². The summed E-state index contributed by atoms with van der Waals surface area (Å²) in [5.74, 6) is 0. The lowest BCUT2D eigenvalue weighted by atomic mass is 10.0. The van der Waals surface area contributed by atoms with Gasteiger partial charge in [-0.15, -0.1) is 0 Å². The van der Waals surface area contributed by atoms with Crippen LogP contribution in [0.15, 0.2) is 12.1 Å². The molecule has 0 spiro atoms. The highest BCUT2D eigenvalue weighted by Crippen LogP contribution is 2.31. The van der Waals surface area contributed by atoms with Crippen LogP contribution in [0.5, 0.6) is 0 Å². The molecule has 2 N–H and O–H groups in total. The third-order valence-corrected chi connectivity index (χ3v) is 8.40. The molecule has 0 bridgehead atoms. The van der Waals surface area contributed by atoms with Crippen LogP contribution in [-0.2, 0) is 14.8 Å². The van der Waals surface area contributed by atoms with Crippen LogP contribution in [0, 0.1) is 13.8 Å². The summed E-state index contributed by atoms with van der Waals surface area (Å²) in [5, 5.41) is 2.60. The summed E-state index contributed by atoms with van der Waals surface area (Å²) in [4.78, 5) is 17.0. The molecule has 1 aromatic carbocycles. The van der Waals surface area contributed by atoms with Crippen LogP contribution < -0.4 is 14.9 Å². The molecular formula is C23H38N4O4S.